The number of rotatable bonds is 13. The summed E-state index contributed by atoms with van der Waals surface area (Å²) in [6.45, 7) is 0.977. The fourth-order valence-corrected chi connectivity index (χ4v) is 3.23. The fourth-order valence-electron chi connectivity index (χ4n) is 3.23. The molecule has 0 aromatic heterocycles. The first-order valence-electron chi connectivity index (χ1n) is 10.3. The molecule has 1 aromatic rings. The maximum absolute atomic E-state index is 12.9. The van der Waals surface area contributed by atoms with E-state index in [2.05, 4.69) is 15.5 Å². The van der Waals surface area contributed by atoms with Gasteiger partial charge in [0, 0.05) is 6.42 Å². The topological polar surface area (TPSA) is 178 Å². The van der Waals surface area contributed by atoms with E-state index in [4.69, 9.17) is 15.2 Å². The van der Waals surface area contributed by atoms with E-state index in [0.717, 1.165) is 10.5 Å². The van der Waals surface area contributed by atoms with Gasteiger partial charge < -0.3 is 15.2 Å². The monoisotopic (exact) mass is 468 g/mol. The molecule has 0 bridgehead atoms. The summed E-state index contributed by atoms with van der Waals surface area (Å²) in [7, 11) is 0. The second-order valence-corrected chi connectivity index (χ2v) is 7.32. The van der Waals surface area contributed by atoms with E-state index in [-0.39, 0.29) is 32.6 Å². The zero-order valence-corrected chi connectivity index (χ0v) is 18.0. The number of aryl methyl sites for hydroxylation is 1. The highest BCUT2D eigenvalue weighted by atomic mass is 17.1. The number of urea groups is 1. The molecule has 33 heavy (non-hydrogen) atoms. The second kappa shape index (κ2) is 12.8. The van der Waals surface area contributed by atoms with Gasteiger partial charge in [0.25, 0.3) is 0 Å². The van der Waals surface area contributed by atoms with Gasteiger partial charge in [-0.3, -0.25) is 30.2 Å². The molecule has 0 saturated carbocycles. The molecule has 3 amide bonds. The van der Waals surface area contributed by atoms with Crippen LogP contribution < -0.4 is 10.6 Å². The minimum atomic E-state index is -1.21. The molecule has 13 heteroatoms. The minimum absolute atomic E-state index is 0.130. The van der Waals surface area contributed by atoms with Gasteiger partial charge in [0.05, 0.1) is 31.2 Å². The van der Waals surface area contributed by atoms with Crippen LogP contribution in [-0.2, 0) is 30.4 Å². The number of hydrogen-bond donors (Lipinski definition) is 5. The number of imide groups is 1. The van der Waals surface area contributed by atoms with Crippen LogP contribution in [0.15, 0.2) is 30.3 Å². The van der Waals surface area contributed by atoms with Crippen LogP contribution in [0.1, 0.15) is 25.3 Å². The van der Waals surface area contributed by atoms with Gasteiger partial charge in [-0.15, -0.1) is 0 Å². The highest BCUT2D eigenvalue weighted by molar-refractivity contribution is 6.03. The van der Waals surface area contributed by atoms with E-state index >= 15 is 0 Å². The molecule has 5 N–H and O–H groups in total. The molecule has 182 valence electrons. The number of esters is 1. The molecular formula is C20H28N4O9. The molecule has 1 aliphatic heterocycles. The van der Waals surface area contributed by atoms with Crippen LogP contribution >= 0.6 is 0 Å². The summed E-state index contributed by atoms with van der Waals surface area (Å²) in [5.41, 5.74) is 0.947. The number of hydrogen-bond acceptors (Lipinski definition) is 10. The highest BCUT2D eigenvalue weighted by Crippen LogP contribution is 2.13. The van der Waals surface area contributed by atoms with Gasteiger partial charge in [-0.1, -0.05) is 30.3 Å². The van der Waals surface area contributed by atoms with Crippen LogP contribution in [0.3, 0.4) is 0 Å². The van der Waals surface area contributed by atoms with Crippen molar-refractivity contribution in [2.45, 2.75) is 44.3 Å². The van der Waals surface area contributed by atoms with E-state index in [9.17, 15) is 24.3 Å². The number of carboxylic acids is 1. The fraction of sp³-hybridized carbons (Fsp3) is 0.500. The Hall–Kier alpha value is -3.10. The maximum Gasteiger partial charge on any atom is 0.331 e. The molecule has 1 heterocycles. The third kappa shape index (κ3) is 8.07. The second-order valence-electron chi connectivity index (χ2n) is 7.32. The lowest BCUT2D eigenvalue weighted by molar-refractivity contribution is -0.492. The lowest BCUT2D eigenvalue weighted by Crippen LogP contribution is -2.54. The van der Waals surface area contributed by atoms with Crippen molar-refractivity contribution in [3.8, 4) is 0 Å². The summed E-state index contributed by atoms with van der Waals surface area (Å²) < 4.78 is 5.02. The van der Waals surface area contributed by atoms with Gasteiger partial charge >= 0.3 is 18.0 Å². The lowest BCUT2D eigenvalue weighted by Gasteiger charge is -2.25. The number of carbonyl (C=O) groups is 4. The summed E-state index contributed by atoms with van der Waals surface area (Å²) in [5.74, 6) is -2.74. The number of benzene rings is 1. The molecule has 1 saturated heterocycles. The SMILES string of the molecule is CC(NC(CCc1ccccc1)C(=O)O)C(=O)N1C(=O)NCC1C(=O)OCCCON(O)O. The van der Waals surface area contributed by atoms with Crippen molar-refractivity contribution in [3.63, 3.8) is 0 Å². The first-order valence-corrected chi connectivity index (χ1v) is 10.3. The van der Waals surface area contributed by atoms with Crippen LogP contribution in [0.5, 0.6) is 0 Å². The lowest BCUT2D eigenvalue weighted by atomic mass is 10.0. The molecule has 0 radical (unpaired) electrons. The molecule has 13 nitrogen and oxygen atoms in total. The zero-order chi connectivity index (χ0) is 24.4. The highest BCUT2D eigenvalue weighted by Gasteiger charge is 2.43. The predicted molar refractivity (Wildman–Crippen MR) is 110 cm³/mol. The van der Waals surface area contributed by atoms with Gasteiger partial charge in [-0.25, -0.2) is 14.5 Å². The molecule has 1 aromatic carbocycles. The Balaban J connectivity index is 1.92. The molecule has 0 spiro atoms. The Kier molecular flexibility index (Phi) is 10.2. The van der Waals surface area contributed by atoms with Gasteiger partial charge in [0.1, 0.15) is 6.04 Å². The van der Waals surface area contributed by atoms with E-state index in [1.807, 2.05) is 30.3 Å². The van der Waals surface area contributed by atoms with E-state index in [1.165, 1.54) is 6.92 Å². The third-order valence-electron chi connectivity index (χ3n) is 4.91. The average molecular weight is 468 g/mol. The molecule has 3 unspecified atom stereocenters. The molecular weight excluding hydrogens is 440 g/mol. The number of ether oxygens (including phenoxy) is 1. The van der Waals surface area contributed by atoms with Crippen LogP contribution in [0, 0.1) is 0 Å². The Morgan fingerprint density at radius 2 is 1.94 bits per heavy atom. The van der Waals surface area contributed by atoms with Crippen LogP contribution in [0.4, 0.5) is 4.79 Å². The summed E-state index contributed by atoms with van der Waals surface area (Å²) >= 11 is 0. The largest absolute Gasteiger partial charge is 0.480 e. The van der Waals surface area contributed by atoms with Crippen LogP contribution in [0.2, 0.25) is 0 Å². The van der Waals surface area contributed by atoms with Gasteiger partial charge in [0.15, 0.2) is 6.04 Å². The Morgan fingerprint density at radius 1 is 1.24 bits per heavy atom. The molecule has 1 fully saturated rings. The van der Waals surface area contributed by atoms with Crippen molar-refractivity contribution in [3.05, 3.63) is 35.9 Å². The van der Waals surface area contributed by atoms with Gasteiger partial charge in [-0.05, 0) is 25.3 Å². The molecule has 1 aliphatic rings. The van der Waals surface area contributed by atoms with Gasteiger partial charge in [0.2, 0.25) is 5.91 Å². The number of carboxylic acid groups (broad SMARTS) is 1. The van der Waals surface area contributed by atoms with Crippen molar-refractivity contribution < 1.29 is 44.3 Å². The van der Waals surface area contributed by atoms with E-state index < -0.39 is 47.4 Å². The maximum atomic E-state index is 12.9. The van der Waals surface area contributed by atoms with E-state index in [0.29, 0.717) is 6.42 Å². The Labute approximate surface area is 189 Å². The predicted octanol–water partition coefficient (Wildman–Crippen LogP) is -0.0838. The summed E-state index contributed by atoms with van der Waals surface area (Å²) in [5, 5.41) is 31.0. The van der Waals surface area contributed by atoms with Crippen molar-refractivity contribution in [2.75, 3.05) is 19.8 Å². The minimum Gasteiger partial charge on any atom is -0.480 e. The normalized spacial score (nSPS) is 17.5. The molecule has 3 atom stereocenters. The molecule has 0 aliphatic carbocycles. The Bertz CT molecular complexity index is 821. The van der Waals surface area contributed by atoms with Crippen molar-refractivity contribution in [1.82, 2.24) is 20.9 Å². The number of amides is 3. The quantitative estimate of drug-likeness (QED) is 0.148. The average Bonchev–Trinajstić information content (AvgIpc) is 3.17. The molecule has 2 rings (SSSR count). The summed E-state index contributed by atoms with van der Waals surface area (Å²) in [6.07, 6.45) is 0.819. The summed E-state index contributed by atoms with van der Waals surface area (Å²) in [6, 6.07) is 5.18. The number of nitrogens with zero attached hydrogens (tertiary/aromatic N) is 2. The first-order chi connectivity index (χ1) is 15.7. The zero-order valence-electron chi connectivity index (χ0n) is 18.0. The van der Waals surface area contributed by atoms with Gasteiger partial charge in [-0.2, -0.15) is 0 Å². The first kappa shape index (κ1) is 26.2. The number of carbonyl (C=O) groups excluding carboxylic acids is 3. The van der Waals surface area contributed by atoms with E-state index in [1.54, 1.807) is 0 Å². The van der Waals surface area contributed by atoms with Crippen molar-refractivity contribution in [1.29, 1.82) is 0 Å². The summed E-state index contributed by atoms with van der Waals surface area (Å²) in [4.78, 5) is 54.1. The van der Waals surface area contributed by atoms with Crippen LogP contribution in [-0.4, -0.2) is 87.6 Å². The third-order valence-corrected chi connectivity index (χ3v) is 4.91. The number of aliphatic carboxylic acids is 1. The standard InChI is InChI=1S/C20H28N4O9/c1-13(22-15(18(26)27)9-8-14-6-3-2-4-7-14)17(25)23-16(12-21-20(23)29)19(28)32-10-5-11-33-24(30)31/h2-4,6-7,13,15-16,22,30-31H,5,8-12H2,1H3,(H,21,29)(H,26,27). The smallest absolute Gasteiger partial charge is 0.331 e. The van der Waals surface area contributed by atoms with Crippen LogP contribution in [0.25, 0.3) is 0 Å². The van der Waals surface area contributed by atoms with Crippen molar-refractivity contribution in [2.24, 2.45) is 0 Å². The van der Waals surface area contributed by atoms with Crippen molar-refractivity contribution >= 4 is 23.9 Å². The number of nitrogens with one attached hydrogen (secondary N) is 2. The Morgan fingerprint density at radius 3 is 2.58 bits per heavy atom.